The number of hydrogen-bond donors (Lipinski definition) is 0. The quantitative estimate of drug-likeness (QED) is 0.0262. The van der Waals surface area contributed by atoms with Crippen LogP contribution in [0.3, 0.4) is 0 Å². The van der Waals surface area contributed by atoms with Crippen molar-refractivity contribution in [2.24, 2.45) is 0 Å². The molecule has 0 saturated heterocycles. The van der Waals surface area contributed by atoms with E-state index in [9.17, 15) is 14.4 Å². The lowest BCUT2D eigenvalue weighted by Gasteiger charge is -2.18. The summed E-state index contributed by atoms with van der Waals surface area (Å²) < 4.78 is 16.8. The van der Waals surface area contributed by atoms with Gasteiger partial charge in [-0.3, -0.25) is 14.4 Å². The van der Waals surface area contributed by atoms with Crippen molar-refractivity contribution < 1.29 is 28.6 Å². The second-order valence-corrected chi connectivity index (χ2v) is 18.1. The third kappa shape index (κ3) is 54.6. The Bertz CT molecular complexity index is 1470. The van der Waals surface area contributed by atoms with Crippen molar-refractivity contribution >= 4 is 17.9 Å². The lowest BCUT2D eigenvalue weighted by atomic mass is 10.0. The molecule has 0 fully saturated rings. The molecular weight excluding hydrogens is 853 g/mol. The molecule has 0 spiro atoms. The van der Waals surface area contributed by atoms with E-state index in [4.69, 9.17) is 14.2 Å². The summed E-state index contributed by atoms with van der Waals surface area (Å²) in [5.74, 6) is -1.03. The summed E-state index contributed by atoms with van der Waals surface area (Å²) in [4.78, 5) is 38.1. The van der Waals surface area contributed by atoms with Crippen LogP contribution in [-0.2, 0) is 28.6 Å². The van der Waals surface area contributed by atoms with E-state index < -0.39 is 6.10 Å². The Morgan fingerprint density at radius 1 is 0.304 bits per heavy atom. The molecule has 0 bridgehead atoms. The van der Waals surface area contributed by atoms with Gasteiger partial charge in [0, 0.05) is 19.3 Å². The third-order valence-electron chi connectivity index (χ3n) is 11.5. The van der Waals surface area contributed by atoms with Gasteiger partial charge in [-0.25, -0.2) is 0 Å². The van der Waals surface area contributed by atoms with Gasteiger partial charge in [0.2, 0.25) is 0 Å². The van der Waals surface area contributed by atoms with Gasteiger partial charge >= 0.3 is 17.9 Å². The second kappa shape index (κ2) is 56.4. The molecule has 1 atom stereocenters. The summed E-state index contributed by atoms with van der Waals surface area (Å²) in [5, 5.41) is 0. The third-order valence-corrected chi connectivity index (χ3v) is 11.5. The summed E-state index contributed by atoms with van der Waals surface area (Å²) in [5.41, 5.74) is 0. The lowest BCUT2D eigenvalue weighted by Crippen LogP contribution is -2.30. The number of carbonyl (C=O) groups is 3. The molecule has 0 heterocycles. The Hall–Kier alpha value is -4.19. The summed E-state index contributed by atoms with van der Waals surface area (Å²) in [6.45, 7) is 6.33. The largest absolute Gasteiger partial charge is 0.462 e. The van der Waals surface area contributed by atoms with Gasteiger partial charge in [0.25, 0.3) is 0 Å². The van der Waals surface area contributed by atoms with E-state index in [1.165, 1.54) is 77.0 Å². The molecule has 0 aromatic carbocycles. The topological polar surface area (TPSA) is 78.9 Å². The molecular formula is C63H102O6. The standard InChI is InChI=1S/C63H102O6/c1-4-7-10-13-16-19-22-25-28-30-31-33-35-38-41-44-47-50-53-56-62(65)68-59-60(58-67-61(64)55-52-49-46-43-40-37-34-27-24-21-18-15-12-9-6-3)69-63(66)57-54-51-48-45-42-39-36-32-29-26-23-20-17-14-11-8-5-2/h7-8,10-11,16-17,19-20,25-26,28-29,31,33,36,38-39,41,47,50,60H,4-6,9,12-15,18,21-24,27,30,32,34-35,37,40,42-46,48-49,51-59H2,1-3H3/b10-7-,11-8-,19-16-,20-17-,28-25-,29-26-,33-31-,39-36-,41-38-,50-47-. The average Bonchev–Trinajstić information content (AvgIpc) is 3.35. The zero-order chi connectivity index (χ0) is 50.0. The fourth-order valence-corrected chi connectivity index (χ4v) is 7.34. The highest BCUT2D eigenvalue weighted by Gasteiger charge is 2.19. The maximum Gasteiger partial charge on any atom is 0.306 e. The smallest absolute Gasteiger partial charge is 0.306 e. The number of unbranched alkanes of at least 4 members (excludes halogenated alkanes) is 18. The van der Waals surface area contributed by atoms with Gasteiger partial charge in [0.1, 0.15) is 13.2 Å². The monoisotopic (exact) mass is 955 g/mol. The first-order chi connectivity index (χ1) is 34.0. The van der Waals surface area contributed by atoms with Crippen LogP contribution in [0.15, 0.2) is 122 Å². The van der Waals surface area contributed by atoms with Gasteiger partial charge in [-0.05, 0) is 96.3 Å². The number of allylic oxidation sites excluding steroid dienone is 20. The van der Waals surface area contributed by atoms with E-state index in [2.05, 4.69) is 136 Å². The molecule has 0 saturated carbocycles. The zero-order valence-electron chi connectivity index (χ0n) is 44.5. The van der Waals surface area contributed by atoms with Crippen LogP contribution in [0.25, 0.3) is 0 Å². The first-order valence-electron chi connectivity index (χ1n) is 28.0. The van der Waals surface area contributed by atoms with E-state index in [0.29, 0.717) is 12.8 Å². The molecule has 69 heavy (non-hydrogen) atoms. The number of esters is 3. The molecule has 390 valence electrons. The van der Waals surface area contributed by atoms with E-state index in [-0.39, 0.29) is 44.0 Å². The van der Waals surface area contributed by atoms with Crippen LogP contribution >= 0.6 is 0 Å². The molecule has 0 N–H and O–H groups in total. The fourth-order valence-electron chi connectivity index (χ4n) is 7.34. The summed E-state index contributed by atoms with van der Waals surface area (Å²) in [6, 6.07) is 0. The molecule has 6 heteroatoms. The van der Waals surface area contributed by atoms with Crippen LogP contribution in [0.5, 0.6) is 0 Å². The molecule has 0 rings (SSSR count). The van der Waals surface area contributed by atoms with Gasteiger partial charge in [-0.15, -0.1) is 0 Å². The van der Waals surface area contributed by atoms with Gasteiger partial charge in [0.15, 0.2) is 6.10 Å². The van der Waals surface area contributed by atoms with E-state index in [1.807, 2.05) is 6.08 Å². The van der Waals surface area contributed by atoms with Gasteiger partial charge in [-0.1, -0.05) is 245 Å². The highest BCUT2D eigenvalue weighted by Crippen LogP contribution is 2.15. The van der Waals surface area contributed by atoms with Crippen molar-refractivity contribution in [1.29, 1.82) is 0 Å². The van der Waals surface area contributed by atoms with E-state index in [1.54, 1.807) is 0 Å². The Labute approximate surface area is 424 Å². The van der Waals surface area contributed by atoms with Gasteiger partial charge in [-0.2, -0.15) is 0 Å². The molecule has 0 aromatic heterocycles. The summed E-state index contributed by atoms with van der Waals surface area (Å²) >= 11 is 0. The Balaban J connectivity index is 4.55. The second-order valence-electron chi connectivity index (χ2n) is 18.1. The number of carbonyl (C=O) groups excluding carboxylic acids is 3. The first kappa shape index (κ1) is 64.8. The maximum atomic E-state index is 12.8. The van der Waals surface area contributed by atoms with Crippen molar-refractivity contribution in [2.45, 2.75) is 245 Å². The minimum absolute atomic E-state index is 0.112. The predicted octanol–water partition coefficient (Wildman–Crippen LogP) is 18.9. The van der Waals surface area contributed by atoms with Crippen molar-refractivity contribution in [3.63, 3.8) is 0 Å². The Kier molecular flexibility index (Phi) is 53.0. The lowest BCUT2D eigenvalue weighted by molar-refractivity contribution is -0.166. The number of ether oxygens (including phenoxy) is 3. The summed E-state index contributed by atoms with van der Waals surface area (Å²) in [7, 11) is 0. The SMILES string of the molecule is CC/C=C\C/C=C\C/C=C\C/C=C\C/C=C\C/C=C\CCC(=O)OCC(COC(=O)CCCCCCCCCCCCCCCCC)OC(=O)CCCCCC/C=C\C/C=C\C/C=C\C/C=C\CC. The highest BCUT2D eigenvalue weighted by atomic mass is 16.6. The number of hydrogen-bond acceptors (Lipinski definition) is 6. The molecule has 0 radical (unpaired) electrons. The van der Waals surface area contributed by atoms with Crippen LogP contribution in [0.4, 0.5) is 0 Å². The van der Waals surface area contributed by atoms with Crippen LogP contribution in [0, 0.1) is 0 Å². The fraction of sp³-hybridized carbons (Fsp3) is 0.635. The Morgan fingerprint density at radius 2 is 0.594 bits per heavy atom. The minimum Gasteiger partial charge on any atom is -0.462 e. The zero-order valence-corrected chi connectivity index (χ0v) is 44.5. The van der Waals surface area contributed by atoms with E-state index in [0.717, 1.165) is 116 Å². The van der Waals surface area contributed by atoms with Gasteiger partial charge < -0.3 is 14.2 Å². The minimum atomic E-state index is -0.824. The van der Waals surface area contributed by atoms with Crippen LogP contribution in [0.1, 0.15) is 239 Å². The van der Waals surface area contributed by atoms with Crippen molar-refractivity contribution in [3.8, 4) is 0 Å². The molecule has 0 amide bonds. The van der Waals surface area contributed by atoms with Crippen LogP contribution < -0.4 is 0 Å². The van der Waals surface area contributed by atoms with Crippen LogP contribution in [0.2, 0.25) is 0 Å². The number of rotatable bonds is 49. The van der Waals surface area contributed by atoms with Crippen molar-refractivity contribution in [3.05, 3.63) is 122 Å². The molecule has 0 aliphatic heterocycles. The van der Waals surface area contributed by atoms with E-state index >= 15 is 0 Å². The molecule has 0 aliphatic carbocycles. The van der Waals surface area contributed by atoms with Crippen molar-refractivity contribution in [2.75, 3.05) is 13.2 Å². The molecule has 6 nitrogen and oxygen atoms in total. The Morgan fingerprint density at radius 3 is 0.971 bits per heavy atom. The summed E-state index contributed by atoms with van der Waals surface area (Å²) in [6.07, 6.45) is 77.7. The molecule has 1 unspecified atom stereocenters. The highest BCUT2D eigenvalue weighted by molar-refractivity contribution is 5.71. The van der Waals surface area contributed by atoms with Crippen LogP contribution in [-0.4, -0.2) is 37.2 Å². The molecule has 0 aromatic rings. The first-order valence-corrected chi connectivity index (χ1v) is 28.0. The normalized spacial score (nSPS) is 13.0. The average molecular weight is 956 g/mol. The maximum absolute atomic E-state index is 12.8. The van der Waals surface area contributed by atoms with Gasteiger partial charge in [0.05, 0.1) is 0 Å². The van der Waals surface area contributed by atoms with Crippen molar-refractivity contribution in [1.82, 2.24) is 0 Å². The predicted molar refractivity (Wildman–Crippen MR) is 297 cm³/mol. The molecule has 0 aliphatic rings.